The van der Waals surface area contributed by atoms with Gasteiger partial charge in [0.05, 0.1) is 12.8 Å². The van der Waals surface area contributed by atoms with Gasteiger partial charge in [-0.3, -0.25) is 0 Å². The average Bonchev–Trinajstić information content (AvgIpc) is 2.76. The number of hydrogen-bond acceptors (Lipinski definition) is 3. The summed E-state index contributed by atoms with van der Waals surface area (Å²) in [6, 6.07) is 5.98. The second-order valence-electron chi connectivity index (χ2n) is 4.82. The molecule has 1 unspecified atom stereocenters. The van der Waals surface area contributed by atoms with Gasteiger partial charge in [0, 0.05) is 16.8 Å². The molecule has 1 atom stereocenters. The maximum Gasteiger partial charge on any atom is 0.119 e. The number of hydrogen-bond donors (Lipinski definition) is 2. The maximum atomic E-state index is 9.18. The number of nitrogens with zero attached hydrogens (tertiary/aromatic N) is 1. The second kappa shape index (κ2) is 4.05. The molecule has 4 nitrogen and oxygen atoms in total. The van der Waals surface area contributed by atoms with E-state index in [1.807, 2.05) is 18.2 Å². The van der Waals surface area contributed by atoms with Crippen molar-refractivity contribution in [3.8, 4) is 5.75 Å². The first kappa shape index (κ1) is 11.1. The summed E-state index contributed by atoms with van der Waals surface area (Å²) in [5.41, 5.74) is 4.02. The number of rotatable bonds is 1. The van der Waals surface area contributed by atoms with Crippen molar-refractivity contribution in [1.82, 2.24) is 4.98 Å². The minimum Gasteiger partial charge on any atom is -0.497 e. The lowest BCUT2D eigenvalue weighted by Gasteiger charge is -2.19. The topological polar surface area (TPSA) is 57.6 Å². The summed E-state index contributed by atoms with van der Waals surface area (Å²) in [7, 11) is 1.67. The Labute approximate surface area is 105 Å². The quantitative estimate of drug-likeness (QED) is 0.598. The van der Waals surface area contributed by atoms with Gasteiger partial charge in [0.15, 0.2) is 0 Å². The van der Waals surface area contributed by atoms with E-state index in [1.54, 1.807) is 7.11 Å². The first-order valence-corrected chi connectivity index (χ1v) is 6.15. The summed E-state index contributed by atoms with van der Waals surface area (Å²) >= 11 is 0. The van der Waals surface area contributed by atoms with E-state index in [-0.39, 0.29) is 5.92 Å². The highest BCUT2D eigenvalue weighted by Crippen LogP contribution is 2.33. The number of fused-ring (bicyclic) bond motifs is 3. The molecule has 0 bridgehead atoms. The molecule has 0 radical (unpaired) electrons. The van der Waals surface area contributed by atoms with Crippen LogP contribution in [0.5, 0.6) is 5.75 Å². The molecule has 0 spiro atoms. The van der Waals surface area contributed by atoms with Crippen LogP contribution in [0.25, 0.3) is 10.9 Å². The molecular weight excluding hydrogens is 228 g/mol. The number of ether oxygens (including phenoxy) is 1. The van der Waals surface area contributed by atoms with Gasteiger partial charge in [-0.05, 0) is 36.6 Å². The normalized spacial score (nSPS) is 21.2. The number of nitrogens with one attached hydrogen (secondary N) is 1. The van der Waals surface area contributed by atoms with Crippen molar-refractivity contribution < 1.29 is 9.94 Å². The van der Waals surface area contributed by atoms with Gasteiger partial charge in [-0.15, -0.1) is 0 Å². The Bertz CT molecular complexity index is 628. The monoisotopic (exact) mass is 244 g/mol. The summed E-state index contributed by atoms with van der Waals surface area (Å²) < 4.78 is 5.26. The molecule has 0 saturated carbocycles. The Morgan fingerprint density at radius 1 is 1.44 bits per heavy atom. The van der Waals surface area contributed by atoms with Crippen LogP contribution in [0.2, 0.25) is 0 Å². The number of H-pyrrole nitrogens is 1. The number of oxime groups is 1. The predicted molar refractivity (Wildman–Crippen MR) is 70.7 cm³/mol. The Balaban J connectivity index is 2.25. The van der Waals surface area contributed by atoms with Gasteiger partial charge in [0.2, 0.25) is 0 Å². The summed E-state index contributed by atoms with van der Waals surface area (Å²) in [4.78, 5) is 3.35. The van der Waals surface area contributed by atoms with Crippen molar-refractivity contribution in [2.24, 2.45) is 11.1 Å². The Kier molecular flexibility index (Phi) is 2.51. The molecule has 94 valence electrons. The Morgan fingerprint density at radius 2 is 2.28 bits per heavy atom. The fraction of sp³-hybridized carbons (Fsp3) is 0.357. The van der Waals surface area contributed by atoms with Gasteiger partial charge < -0.3 is 14.9 Å². The summed E-state index contributed by atoms with van der Waals surface area (Å²) in [5.74, 6) is 1.14. The van der Waals surface area contributed by atoms with Crippen LogP contribution >= 0.6 is 0 Å². The van der Waals surface area contributed by atoms with Crippen molar-refractivity contribution >= 4 is 16.6 Å². The van der Waals surface area contributed by atoms with Crippen molar-refractivity contribution in [3.05, 3.63) is 29.5 Å². The van der Waals surface area contributed by atoms with Crippen LogP contribution in [-0.2, 0) is 6.42 Å². The Morgan fingerprint density at radius 3 is 3.00 bits per heavy atom. The summed E-state index contributed by atoms with van der Waals surface area (Å²) in [6.07, 6.45) is 2.01. The minimum atomic E-state index is 0.289. The summed E-state index contributed by atoms with van der Waals surface area (Å²) in [6.45, 7) is 2.09. The zero-order valence-electron chi connectivity index (χ0n) is 10.5. The highest BCUT2D eigenvalue weighted by molar-refractivity contribution is 6.07. The molecule has 3 rings (SSSR count). The first-order chi connectivity index (χ1) is 8.74. The van der Waals surface area contributed by atoms with E-state index in [0.717, 1.165) is 40.9 Å². The number of benzene rings is 1. The number of methoxy groups -OCH3 is 1. The first-order valence-electron chi connectivity index (χ1n) is 6.15. The molecule has 1 aromatic carbocycles. The minimum absolute atomic E-state index is 0.289. The second-order valence-corrected chi connectivity index (χ2v) is 4.82. The van der Waals surface area contributed by atoms with E-state index in [4.69, 9.17) is 4.74 Å². The zero-order valence-corrected chi connectivity index (χ0v) is 10.5. The van der Waals surface area contributed by atoms with Crippen LogP contribution in [0.4, 0.5) is 0 Å². The molecule has 2 N–H and O–H groups in total. The fourth-order valence-electron chi connectivity index (χ4n) is 2.72. The van der Waals surface area contributed by atoms with Gasteiger partial charge >= 0.3 is 0 Å². The predicted octanol–water partition coefficient (Wildman–Crippen LogP) is 2.94. The average molecular weight is 244 g/mol. The highest BCUT2D eigenvalue weighted by atomic mass is 16.5. The SMILES string of the molecule is COc1ccc2[nH]c3c(c2c1)CCC(C)C3=NO. The van der Waals surface area contributed by atoms with Crippen LogP contribution in [-0.4, -0.2) is 23.0 Å². The summed E-state index contributed by atoms with van der Waals surface area (Å²) in [5, 5.41) is 13.8. The van der Waals surface area contributed by atoms with Crippen molar-refractivity contribution in [1.29, 1.82) is 0 Å². The molecule has 0 fully saturated rings. The van der Waals surface area contributed by atoms with Crippen molar-refractivity contribution in [3.63, 3.8) is 0 Å². The molecule has 0 amide bonds. The molecule has 1 heterocycles. The Hall–Kier alpha value is -1.97. The van der Waals surface area contributed by atoms with Gasteiger partial charge in [-0.2, -0.15) is 0 Å². The van der Waals surface area contributed by atoms with Crippen LogP contribution in [0, 0.1) is 5.92 Å². The van der Waals surface area contributed by atoms with E-state index < -0.39 is 0 Å². The molecular formula is C14H16N2O2. The van der Waals surface area contributed by atoms with Gasteiger partial charge in [-0.1, -0.05) is 12.1 Å². The molecule has 1 aliphatic rings. The molecule has 0 saturated heterocycles. The fourth-order valence-corrected chi connectivity index (χ4v) is 2.72. The largest absolute Gasteiger partial charge is 0.497 e. The van der Waals surface area contributed by atoms with E-state index in [2.05, 4.69) is 17.1 Å². The molecule has 18 heavy (non-hydrogen) atoms. The van der Waals surface area contributed by atoms with Gasteiger partial charge in [0.1, 0.15) is 11.5 Å². The number of aromatic amines is 1. The third-order valence-electron chi connectivity index (χ3n) is 3.77. The lowest BCUT2D eigenvalue weighted by Crippen LogP contribution is -2.20. The van der Waals surface area contributed by atoms with Crippen molar-refractivity contribution in [2.75, 3.05) is 7.11 Å². The van der Waals surface area contributed by atoms with Crippen LogP contribution in [0.3, 0.4) is 0 Å². The van der Waals surface area contributed by atoms with Gasteiger partial charge in [-0.25, -0.2) is 0 Å². The van der Waals surface area contributed by atoms with Gasteiger partial charge in [0.25, 0.3) is 0 Å². The third kappa shape index (κ3) is 1.49. The zero-order chi connectivity index (χ0) is 12.7. The van der Waals surface area contributed by atoms with Crippen LogP contribution < -0.4 is 4.74 Å². The van der Waals surface area contributed by atoms with Crippen LogP contribution in [0.15, 0.2) is 23.4 Å². The lowest BCUT2D eigenvalue weighted by molar-refractivity contribution is 0.314. The van der Waals surface area contributed by atoms with Crippen molar-refractivity contribution in [2.45, 2.75) is 19.8 Å². The molecule has 1 aliphatic carbocycles. The number of aryl methyl sites for hydroxylation is 1. The number of aromatic nitrogens is 1. The van der Waals surface area contributed by atoms with E-state index in [1.165, 1.54) is 5.56 Å². The molecule has 1 aromatic heterocycles. The van der Waals surface area contributed by atoms with E-state index in [0.29, 0.717) is 0 Å². The molecule has 4 heteroatoms. The van der Waals surface area contributed by atoms with E-state index >= 15 is 0 Å². The maximum absolute atomic E-state index is 9.18. The smallest absolute Gasteiger partial charge is 0.119 e. The van der Waals surface area contributed by atoms with Crippen LogP contribution in [0.1, 0.15) is 24.6 Å². The highest BCUT2D eigenvalue weighted by Gasteiger charge is 2.26. The third-order valence-corrected chi connectivity index (χ3v) is 3.77. The standard InChI is InChI=1S/C14H16N2O2/c1-8-3-5-10-11-7-9(18-2)4-6-12(11)15-14(10)13(8)16-17/h4,6-8,15,17H,3,5H2,1-2H3. The molecule has 0 aliphatic heterocycles. The van der Waals surface area contributed by atoms with E-state index in [9.17, 15) is 5.21 Å². The lowest BCUT2D eigenvalue weighted by atomic mass is 9.86. The molecule has 2 aromatic rings.